The number of hydrogen-bond donors (Lipinski definition) is 2. The van der Waals surface area contributed by atoms with Crippen molar-refractivity contribution in [2.24, 2.45) is 5.10 Å². The lowest BCUT2D eigenvalue weighted by atomic mass is 10.2. The van der Waals surface area contributed by atoms with Gasteiger partial charge in [-0.1, -0.05) is 0 Å². The average Bonchev–Trinajstić information content (AvgIpc) is 3.06. The van der Waals surface area contributed by atoms with Crippen LogP contribution in [-0.2, 0) is 0 Å². The molecule has 2 aromatic carbocycles. The summed E-state index contributed by atoms with van der Waals surface area (Å²) in [7, 11) is 1.53. The minimum atomic E-state index is -0.702. The van der Waals surface area contributed by atoms with Crippen LogP contribution in [-0.4, -0.2) is 32.9 Å². The molecule has 10 nitrogen and oxygen atoms in total. The summed E-state index contributed by atoms with van der Waals surface area (Å²) in [5, 5.41) is 15.3. The van der Waals surface area contributed by atoms with E-state index in [1.165, 1.54) is 37.6 Å². The highest BCUT2D eigenvalue weighted by Crippen LogP contribution is 2.24. The molecule has 0 aliphatic rings. The molecule has 2 aromatic heterocycles. The average molecular weight is 379 g/mol. The van der Waals surface area contributed by atoms with Crippen LogP contribution < -0.4 is 16.0 Å². The fraction of sp³-hybridized carbons (Fsp3) is 0.0556. The number of aromatic amines is 2. The van der Waals surface area contributed by atoms with Crippen LogP contribution in [0.25, 0.3) is 21.9 Å². The van der Waals surface area contributed by atoms with Gasteiger partial charge in [-0.25, -0.2) is 4.79 Å². The Kier molecular flexibility index (Phi) is 4.00. The normalized spacial score (nSPS) is 11.5. The first-order valence-corrected chi connectivity index (χ1v) is 8.11. The summed E-state index contributed by atoms with van der Waals surface area (Å²) in [4.78, 5) is 40.9. The number of non-ortho nitro benzene ring substituents is 1. The molecule has 10 heteroatoms. The van der Waals surface area contributed by atoms with Crippen molar-refractivity contribution in [3.63, 3.8) is 0 Å². The van der Waals surface area contributed by atoms with Crippen molar-refractivity contribution >= 4 is 33.8 Å². The minimum Gasteiger partial charge on any atom is -0.497 e. The van der Waals surface area contributed by atoms with Gasteiger partial charge in [0, 0.05) is 23.6 Å². The Balaban J connectivity index is 1.81. The van der Waals surface area contributed by atoms with Crippen LogP contribution in [0, 0.1) is 10.1 Å². The second-order valence-electron chi connectivity index (χ2n) is 5.93. The molecular formula is C18H13N5O5. The standard InChI is InChI=1S/C18H13N5O5/c1-28-12-6-7-13-14(8-12)20-16-15(13)21-18(25)22(17(16)24)19-9-10-2-4-11(5-3-10)23(26)27/h2-9,20H,1H3,(H,21,25). The second-order valence-corrected chi connectivity index (χ2v) is 5.93. The molecule has 28 heavy (non-hydrogen) atoms. The predicted octanol–water partition coefficient (Wildman–Crippen LogP) is 1.97. The molecule has 0 saturated heterocycles. The van der Waals surface area contributed by atoms with Gasteiger partial charge in [-0.05, 0) is 29.8 Å². The Morgan fingerprint density at radius 1 is 1.11 bits per heavy atom. The van der Waals surface area contributed by atoms with Gasteiger partial charge >= 0.3 is 11.2 Å². The number of nitrogens with one attached hydrogen (secondary N) is 2. The van der Waals surface area contributed by atoms with Crippen LogP contribution >= 0.6 is 0 Å². The highest BCUT2D eigenvalue weighted by Gasteiger charge is 2.13. The molecule has 0 spiro atoms. The Bertz CT molecular complexity index is 1360. The van der Waals surface area contributed by atoms with Crippen LogP contribution in [0.2, 0.25) is 0 Å². The van der Waals surface area contributed by atoms with Gasteiger partial charge in [0.1, 0.15) is 11.3 Å². The third-order valence-electron chi connectivity index (χ3n) is 4.26. The van der Waals surface area contributed by atoms with Crippen LogP contribution in [0.3, 0.4) is 0 Å². The lowest BCUT2D eigenvalue weighted by Gasteiger charge is -1.99. The van der Waals surface area contributed by atoms with Crippen LogP contribution in [0.5, 0.6) is 5.75 Å². The third kappa shape index (κ3) is 2.82. The van der Waals surface area contributed by atoms with Gasteiger partial charge < -0.3 is 14.7 Å². The molecule has 0 unspecified atom stereocenters. The Labute approximate surface area is 155 Å². The van der Waals surface area contributed by atoms with Gasteiger partial charge in [0.25, 0.3) is 5.69 Å². The first-order valence-electron chi connectivity index (χ1n) is 8.11. The van der Waals surface area contributed by atoms with Gasteiger partial charge in [-0.15, -0.1) is 4.68 Å². The number of ether oxygens (including phenoxy) is 1. The van der Waals surface area contributed by atoms with E-state index in [0.717, 1.165) is 0 Å². The smallest absolute Gasteiger partial charge is 0.350 e. The number of hydrogen-bond acceptors (Lipinski definition) is 6. The van der Waals surface area contributed by atoms with Crippen LogP contribution in [0.4, 0.5) is 5.69 Å². The van der Waals surface area contributed by atoms with E-state index < -0.39 is 16.2 Å². The van der Waals surface area contributed by atoms with Gasteiger partial charge in [-0.3, -0.25) is 14.9 Å². The van der Waals surface area contributed by atoms with Crippen molar-refractivity contribution in [3.05, 3.63) is 79.0 Å². The van der Waals surface area contributed by atoms with Gasteiger partial charge in [0.2, 0.25) is 0 Å². The van der Waals surface area contributed by atoms with Crippen molar-refractivity contribution in [2.45, 2.75) is 0 Å². The maximum atomic E-state index is 12.7. The summed E-state index contributed by atoms with van der Waals surface area (Å²) in [6.45, 7) is 0. The van der Waals surface area contributed by atoms with Crippen LogP contribution in [0.15, 0.2) is 57.2 Å². The zero-order valence-corrected chi connectivity index (χ0v) is 14.5. The zero-order valence-electron chi connectivity index (χ0n) is 14.5. The van der Waals surface area contributed by atoms with Crippen molar-refractivity contribution in [3.8, 4) is 5.75 Å². The summed E-state index contributed by atoms with van der Waals surface area (Å²) in [6, 6.07) is 10.7. The lowest BCUT2D eigenvalue weighted by molar-refractivity contribution is -0.384. The summed E-state index contributed by atoms with van der Waals surface area (Å²) in [6.07, 6.45) is 1.28. The molecule has 140 valence electrons. The second kappa shape index (κ2) is 6.50. The Hall–Kier alpha value is -4.21. The number of nitro groups is 1. The monoisotopic (exact) mass is 379 g/mol. The Morgan fingerprint density at radius 2 is 1.86 bits per heavy atom. The van der Waals surface area contributed by atoms with E-state index in [1.807, 2.05) is 0 Å². The zero-order chi connectivity index (χ0) is 19.8. The number of methoxy groups -OCH3 is 1. The number of nitro benzene ring substituents is 1. The van der Waals surface area contributed by atoms with E-state index in [1.54, 1.807) is 18.2 Å². The molecule has 0 bridgehead atoms. The highest BCUT2D eigenvalue weighted by atomic mass is 16.6. The van der Waals surface area contributed by atoms with Crippen molar-refractivity contribution in [1.82, 2.24) is 14.6 Å². The topological polar surface area (TPSA) is 135 Å². The largest absolute Gasteiger partial charge is 0.497 e. The molecule has 0 fully saturated rings. The summed E-state index contributed by atoms with van der Waals surface area (Å²) >= 11 is 0. The molecule has 0 aliphatic heterocycles. The van der Waals surface area contributed by atoms with E-state index in [2.05, 4.69) is 15.1 Å². The van der Waals surface area contributed by atoms with Crippen LogP contribution in [0.1, 0.15) is 5.56 Å². The van der Waals surface area contributed by atoms with Crippen molar-refractivity contribution in [1.29, 1.82) is 0 Å². The van der Waals surface area contributed by atoms with Gasteiger partial charge in [0.15, 0.2) is 0 Å². The maximum absolute atomic E-state index is 12.7. The molecule has 2 heterocycles. The number of nitrogens with zero attached hydrogens (tertiary/aromatic N) is 3. The highest BCUT2D eigenvalue weighted by molar-refractivity contribution is 6.04. The summed E-state index contributed by atoms with van der Waals surface area (Å²) in [5.41, 5.74) is 0.331. The first-order chi connectivity index (χ1) is 13.5. The van der Waals surface area contributed by atoms with E-state index in [9.17, 15) is 19.7 Å². The minimum absolute atomic E-state index is 0.0675. The van der Waals surface area contributed by atoms with E-state index in [4.69, 9.17) is 4.74 Å². The summed E-state index contributed by atoms with van der Waals surface area (Å²) < 4.78 is 5.86. The number of fused-ring (bicyclic) bond motifs is 3. The molecule has 2 N–H and O–H groups in total. The molecular weight excluding hydrogens is 366 g/mol. The Morgan fingerprint density at radius 3 is 2.54 bits per heavy atom. The SMILES string of the molecule is COc1ccc2c(c1)[nH]c1c(=O)n(N=Cc3ccc([N+](=O)[O-])cc3)c(=O)[nH]c12. The molecule has 4 rings (SSSR count). The maximum Gasteiger partial charge on any atom is 0.350 e. The van der Waals surface area contributed by atoms with Gasteiger partial charge in [-0.2, -0.15) is 5.10 Å². The first kappa shape index (κ1) is 17.2. The van der Waals surface area contributed by atoms with Crippen molar-refractivity contribution in [2.75, 3.05) is 7.11 Å². The molecule has 0 atom stereocenters. The number of rotatable bonds is 4. The fourth-order valence-corrected chi connectivity index (χ4v) is 2.86. The fourth-order valence-electron chi connectivity index (χ4n) is 2.86. The third-order valence-corrected chi connectivity index (χ3v) is 4.26. The lowest BCUT2D eigenvalue weighted by Crippen LogP contribution is -2.32. The van der Waals surface area contributed by atoms with Crippen molar-refractivity contribution < 1.29 is 9.66 Å². The molecule has 4 aromatic rings. The number of benzene rings is 2. The number of aromatic nitrogens is 3. The quantitative estimate of drug-likeness (QED) is 0.317. The van der Waals surface area contributed by atoms with E-state index in [0.29, 0.717) is 32.4 Å². The molecule has 0 amide bonds. The molecule has 0 aliphatic carbocycles. The van der Waals surface area contributed by atoms with E-state index >= 15 is 0 Å². The van der Waals surface area contributed by atoms with Gasteiger partial charge in [0.05, 0.1) is 29.3 Å². The molecule has 0 radical (unpaired) electrons. The summed E-state index contributed by atoms with van der Waals surface area (Å²) in [5.74, 6) is 0.609. The van der Waals surface area contributed by atoms with E-state index in [-0.39, 0.29) is 11.2 Å². The number of H-pyrrole nitrogens is 2. The molecule has 0 saturated carbocycles. The predicted molar refractivity (Wildman–Crippen MR) is 103 cm³/mol.